The van der Waals surface area contributed by atoms with E-state index in [0.29, 0.717) is 5.41 Å². The molecule has 1 N–H and O–H groups in total. The van der Waals surface area contributed by atoms with Crippen LogP contribution >= 0.6 is 0 Å². The standard InChI is InChI=1S/C18H32N2/c1-6-13-19-14-18(5,7-2)15-20(8-3)17-11-9-16(4)10-12-17/h9-12,19H,6-8,13-15H2,1-5H3. The van der Waals surface area contributed by atoms with Gasteiger partial charge in [-0.25, -0.2) is 0 Å². The summed E-state index contributed by atoms with van der Waals surface area (Å²) in [5.74, 6) is 0. The smallest absolute Gasteiger partial charge is 0.0366 e. The van der Waals surface area contributed by atoms with E-state index in [1.807, 2.05) is 0 Å². The Labute approximate surface area is 125 Å². The van der Waals surface area contributed by atoms with Crippen molar-refractivity contribution in [3.63, 3.8) is 0 Å². The van der Waals surface area contributed by atoms with Gasteiger partial charge in [-0.1, -0.05) is 38.5 Å². The molecule has 0 heterocycles. The van der Waals surface area contributed by atoms with Gasteiger partial charge in [0.25, 0.3) is 0 Å². The van der Waals surface area contributed by atoms with Crippen LogP contribution in [-0.2, 0) is 0 Å². The Kier molecular flexibility index (Phi) is 7.08. The van der Waals surface area contributed by atoms with Gasteiger partial charge in [-0.05, 0) is 50.8 Å². The fourth-order valence-corrected chi connectivity index (χ4v) is 2.46. The molecule has 1 unspecified atom stereocenters. The highest BCUT2D eigenvalue weighted by Crippen LogP contribution is 2.25. The molecule has 0 saturated heterocycles. The lowest BCUT2D eigenvalue weighted by Crippen LogP contribution is -2.42. The van der Waals surface area contributed by atoms with Crippen molar-refractivity contribution in [3.05, 3.63) is 29.8 Å². The Hall–Kier alpha value is -1.02. The van der Waals surface area contributed by atoms with Gasteiger partial charge in [0, 0.05) is 25.3 Å². The van der Waals surface area contributed by atoms with E-state index in [2.05, 4.69) is 69.1 Å². The van der Waals surface area contributed by atoms with E-state index >= 15 is 0 Å². The first-order chi connectivity index (χ1) is 9.54. The third kappa shape index (κ3) is 5.16. The van der Waals surface area contributed by atoms with Gasteiger partial charge < -0.3 is 10.2 Å². The lowest BCUT2D eigenvalue weighted by molar-refractivity contribution is 0.296. The lowest BCUT2D eigenvalue weighted by Gasteiger charge is -2.36. The van der Waals surface area contributed by atoms with E-state index in [9.17, 15) is 0 Å². The minimum Gasteiger partial charge on any atom is -0.371 e. The largest absolute Gasteiger partial charge is 0.371 e. The van der Waals surface area contributed by atoms with Crippen molar-refractivity contribution in [3.8, 4) is 0 Å². The van der Waals surface area contributed by atoms with Gasteiger partial charge >= 0.3 is 0 Å². The molecule has 114 valence electrons. The van der Waals surface area contributed by atoms with Crippen molar-refractivity contribution in [2.45, 2.75) is 47.5 Å². The number of anilines is 1. The van der Waals surface area contributed by atoms with Crippen LogP contribution in [0.3, 0.4) is 0 Å². The molecule has 0 radical (unpaired) electrons. The molecule has 1 rings (SSSR count). The Morgan fingerprint density at radius 1 is 1.10 bits per heavy atom. The zero-order valence-electron chi connectivity index (χ0n) is 14.0. The average molecular weight is 276 g/mol. The number of nitrogens with zero attached hydrogens (tertiary/aromatic N) is 1. The molecule has 0 aliphatic rings. The zero-order valence-corrected chi connectivity index (χ0v) is 14.0. The Bertz CT molecular complexity index is 372. The molecule has 0 saturated carbocycles. The van der Waals surface area contributed by atoms with Gasteiger partial charge in [0.15, 0.2) is 0 Å². The minimum atomic E-state index is 0.329. The fraction of sp³-hybridized carbons (Fsp3) is 0.667. The molecule has 2 nitrogen and oxygen atoms in total. The van der Waals surface area contributed by atoms with Crippen LogP contribution in [0.25, 0.3) is 0 Å². The van der Waals surface area contributed by atoms with Crippen LogP contribution in [0.5, 0.6) is 0 Å². The molecule has 1 aromatic rings. The van der Waals surface area contributed by atoms with Crippen molar-refractivity contribution in [1.82, 2.24) is 5.32 Å². The molecule has 0 spiro atoms. The topological polar surface area (TPSA) is 15.3 Å². The second-order valence-electron chi connectivity index (χ2n) is 6.19. The van der Waals surface area contributed by atoms with Crippen molar-refractivity contribution in [1.29, 1.82) is 0 Å². The van der Waals surface area contributed by atoms with Crippen LogP contribution in [0.4, 0.5) is 5.69 Å². The summed E-state index contributed by atoms with van der Waals surface area (Å²) in [5.41, 5.74) is 3.00. The lowest BCUT2D eigenvalue weighted by atomic mass is 9.86. The quantitative estimate of drug-likeness (QED) is 0.679. The molecule has 2 heteroatoms. The third-order valence-electron chi connectivity index (χ3n) is 4.19. The van der Waals surface area contributed by atoms with Crippen molar-refractivity contribution in [2.24, 2.45) is 5.41 Å². The molecule has 0 aromatic heterocycles. The summed E-state index contributed by atoms with van der Waals surface area (Å²) in [6.45, 7) is 15.7. The summed E-state index contributed by atoms with van der Waals surface area (Å²) in [7, 11) is 0. The maximum atomic E-state index is 3.59. The van der Waals surface area contributed by atoms with E-state index in [1.165, 1.54) is 24.1 Å². The summed E-state index contributed by atoms with van der Waals surface area (Å²) in [4.78, 5) is 2.50. The van der Waals surface area contributed by atoms with E-state index in [4.69, 9.17) is 0 Å². The zero-order chi connectivity index (χ0) is 15.0. The minimum absolute atomic E-state index is 0.329. The van der Waals surface area contributed by atoms with Gasteiger partial charge in [0.1, 0.15) is 0 Å². The molecule has 0 amide bonds. The van der Waals surface area contributed by atoms with E-state index < -0.39 is 0 Å². The summed E-state index contributed by atoms with van der Waals surface area (Å²) in [5, 5.41) is 3.59. The molecule has 0 fully saturated rings. The summed E-state index contributed by atoms with van der Waals surface area (Å²) >= 11 is 0. The van der Waals surface area contributed by atoms with Crippen molar-refractivity contribution < 1.29 is 0 Å². The first-order valence-electron chi connectivity index (χ1n) is 8.07. The number of hydrogen-bond acceptors (Lipinski definition) is 2. The molecule has 0 bridgehead atoms. The molecule has 1 atom stereocenters. The van der Waals surface area contributed by atoms with Crippen LogP contribution in [0.15, 0.2) is 24.3 Å². The Balaban J connectivity index is 2.71. The summed E-state index contributed by atoms with van der Waals surface area (Å²) < 4.78 is 0. The highest BCUT2D eigenvalue weighted by atomic mass is 15.1. The van der Waals surface area contributed by atoms with Crippen LogP contribution in [0, 0.1) is 12.3 Å². The predicted molar refractivity (Wildman–Crippen MR) is 90.6 cm³/mol. The van der Waals surface area contributed by atoms with Gasteiger partial charge in [-0.2, -0.15) is 0 Å². The first-order valence-corrected chi connectivity index (χ1v) is 8.07. The maximum absolute atomic E-state index is 3.59. The van der Waals surface area contributed by atoms with Crippen LogP contribution in [0.1, 0.15) is 46.1 Å². The van der Waals surface area contributed by atoms with Crippen LogP contribution in [0.2, 0.25) is 0 Å². The normalized spacial score (nSPS) is 14.1. The molecule has 0 aliphatic carbocycles. The number of hydrogen-bond donors (Lipinski definition) is 1. The highest BCUT2D eigenvalue weighted by molar-refractivity contribution is 5.47. The molecular formula is C18H32N2. The Morgan fingerprint density at radius 3 is 2.25 bits per heavy atom. The fourth-order valence-electron chi connectivity index (χ4n) is 2.46. The van der Waals surface area contributed by atoms with Crippen molar-refractivity contribution in [2.75, 3.05) is 31.1 Å². The molecule has 0 aliphatic heterocycles. The highest BCUT2D eigenvalue weighted by Gasteiger charge is 2.24. The van der Waals surface area contributed by atoms with Crippen molar-refractivity contribution >= 4 is 5.69 Å². The number of aryl methyl sites for hydroxylation is 1. The average Bonchev–Trinajstić information content (AvgIpc) is 2.46. The van der Waals surface area contributed by atoms with E-state index in [-0.39, 0.29) is 0 Å². The van der Waals surface area contributed by atoms with Crippen LogP contribution < -0.4 is 10.2 Å². The second-order valence-corrected chi connectivity index (χ2v) is 6.19. The summed E-state index contributed by atoms with van der Waals surface area (Å²) in [6, 6.07) is 8.90. The third-order valence-corrected chi connectivity index (χ3v) is 4.19. The number of benzene rings is 1. The monoisotopic (exact) mass is 276 g/mol. The van der Waals surface area contributed by atoms with E-state index in [0.717, 1.165) is 26.2 Å². The van der Waals surface area contributed by atoms with Gasteiger partial charge in [0.2, 0.25) is 0 Å². The molecule has 1 aromatic carbocycles. The Morgan fingerprint density at radius 2 is 1.75 bits per heavy atom. The van der Waals surface area contributed by atoms with Gasteiger partial charge in [-0.15, -0.1) is 0 Å². The number of rotatable bonds is 9. The maximum Gasteiger partial charge on any atom is 0.0366 e. The molecule has 20 heavy (non-hydrogen) atoms. The second kappa shape index (κ2) is 8.31. The van der Waals surface area contributed by atoms with E-state index in [1.54, 1.807) is 0 Å². The number of nitrogens with one attached hydrogen (secondary N) is 1. The molecular weight excluding hydrogens is 244 g/mol. The first kappa shape index (κ1) is 17.0. The van der Waals surface area contributed by atoms with Gasteiger partial charge in [-0.3, -0.25) is 0 Å². The summed E-state index contributed by atoms with van der Waals surface area (Å²) in [6.07, 6.45) is 2.40. The predicted octanol–water partition coefficient (Wildman–Crippen LogP) is 4.24. The van der Waals surface area contributed by atoms with Crippen LogP contribution in [-0.4, -0.2) is 26.2 Å². The SMILES string of the molecule is CCCNCC(C)(CC)CN(CC)c1ccc(C)cc1. The van der Waals surface area contributed by atoms with Gasteiger partial charge in [0.05, 0.1) is 0 Å².